The van der Waals surface area contributed by atoms with Gasteiger partial charge >= 0.3 is 0 Å². The average molecular weight is 382 g/mol. The van der Waals surface area contributed by atoms with Crippen molar-refractivity contribution in [1.82, 2.24) is 10.2 Å². The van der Waals surface area contributed by atoms with Crippen LogP contribution < -0.4 is 5.32 Å². The molecule has 1 saturated heterocycles. The molecule has 1 amide bonds. The first-order valence-corrected chi connectivity index (χ1v) is 8.45. The fourth-order valence-corrected chi connectivity index (χ4v) is 3.47. The van der Waals surface area contributed by atoms with Crippen molar-refractivity contribution in [2.24, 2.45) is 0 Å². The molecule has 0 radical (unpaired) electrons. The maximum Gasteiger partial charge on any atom is 0.254 e. The van der Waals surface area contributed by atoms with Crippen molar-refractivity contribution < 1.29 is 14.6 Å². The zero-order chi connectivity index (χ0) is 17.0. The molecule has 1 aromatic carbocycles. The van der Waals surface area contributed by atoms with E-state index in [2.05, 4.69) is 10.2 Å². The lowest BCUT2D eigenvalue weighted by atomic mass is 10.2. The van der Waals surface area contributed by atoms with Crippen LogP contribution in [0, 0.1) is 0 Å². The van der Waals surface area contributed by atoms with Crippen LogP contribution in [-0.4, -0.2) is 60.9 Å². The highest BCUT2D eigenvalue weighted by molar-refractivity contribution is 6.42. The summed E-state index contributed by atoms with van der Waals surface area (Å²) in [4.78, 5) is 14.3. The van der Waals surface area contributed by atoms with E-state index in [9.17, 15) is 9.90 Å². The van der Waals surface area contributed by atoms with E-state index in [1.807, 2.05) is 6.92 Å². The van der Waals surface area contributed by atoms with E-state index in [-0.39, 0.29) is 28.3 Å². The third-order valence-corrected chi connectivity index (χ3v) is 4.34. The van der Waals surface area contributed by atoms with Crippen LogP contribution in [-0.2, 0) is 4.74 Å². The summed E-state index contributed by atoms with van der Waals surface area (Å²) >= 11 is 17.8. The number of hydrogen-bond acceptors (Lipinski definition) is 4. The third-order valence-electron chi connectivity index (χ3n) is 3.53. The lowest BCUT2D eigenvalue weighted by Gasteiger charge is -2.32. The molecule has 0 bridgehead atoms. The van der Waals surface area contributed by atoms with Gasteiger partial charge in [0.15, 0.2) is 0 Å². The van der Waals surface area contributed by atoms with Crippen molar-refractivity contribution in [3.63, 3.8) is 0 Å². The maximum absolute atomic E-state index is 12.2. The molecule has 8 heteroatoms. The van der Waals surface area contributed by atoms with Gasteiger partial charge in [-0.05, 0) is 19.1 Å². The summed E-state index contributed by atoms with van der Waals surface area (Å²) in [5.74, 6) is -0.439. The summed E-state index contributed by atoms with van der Waals surface area (Å²) < 4.78 is 5.45. The predicted molar refractivity (Wildman–Crippen MR) is 91.7 cm³/mol. The predicted octanol–water partition coefficient (Wildman–Crippen LogP) is 2.46. The minimum absolute atomic E-state index is 0.111. The number of carbonyl (C=O) groups is 1. The van der Waals surface area contributed by atoms with Crippen molar-refractivity contribution in [1.29, 1.82) is 0 Å². The normalized spacial score (nSPS) is 20.3. The van der Waals surface area contributed by atoms with Crippen molar-refractivity contribution in [2.45, 2.75) is 19.1 Å². The molecule has 1 aliphatic rings. The van der Waals surface area contributed by atoms with Gasteiger partial charge in [-0.1, -0.05) is 34.8 Å². The number of nitrogens with one attached hydrogen (secondary N) is 1. The Morgan fingerprint density at radius 1 is 1.43 bits per heavy atom. The number of aliphatic hydroxyl groups excluding tert-OH is 1. The number of benzene rings is 1. The number of β-amino-alcohol motifs (C(OH)–C–C–N with tert-alkyl or cyclic N) is 1. The van der Waals surface area contributed by atoms with Gasteiger partial charge in [-0.25, -0.2) is 0 Å². The summed E-state index contributed by atoms with van der Waals surface area (Å²) in [5, 5.41) is 13.4. The maximum atomic E-state index is 12.2. The molecule has 2 N–H and O–H groups in total. The SMILES string of the molecule is CC1CN(CC(O)CNC(=O)c2c(Cl)cc(Cl)cc2Cl)CCO1. The first kappa shape index (κ1) is 18.8. The number of rotatable bonds is 5. The monoisotopic (exact) mass is 380 g/mol. The number of nitrogens with zero attached hydrogens (tertiary/aromatic N) is 1. The Labute approximate surface area is 150 Å². The second-order valence-electron chi connectivity index (χ2n) is 5.55. The highest BCUT2D eigenvalue weighted by atomic mass is 35.5. The lowest BCUT2D eigenvalue weighted by molar-refractivity contribution is -0.0311. The van der Waals surface area contributed by atoms with Gasteiger partial charge in [0.1, 0.15) is 0 Å². The number of hydrogen-bond donors (Lipinski definition) is 2. The van der Waals surface area contributed by atoms with E-state index < -0.39 is 12.0 Å². The molecule has 2 atom stereocenters. The van der Waals surface area contributed by atoms with Crippen LogP contribution in [0.4, 0.5) is 0 Å². The lowest BCUT2D eigenvalue weighted by Crippen LogP contribution is -2.47. The molecule has 0 aromatic heterocycles. The number of carbonyl (C=O) groups excluding carboxylic acids is 1. The molecule has 1 heterocycles. The van der Waals surface area contributed by atoms with Gasteiger partial charge in [0.05, 0.1) is 34.4 Å². The van der Waals surface area contributed by atoms with Gasteiger partial charge in [-0.2, -0.15) is 0 Å². The van der Waals surface area contributed by atoms with Gasteiger partial charge in [0.25, 0.3) is 5.91 Å². The zero-order valence-electron chi connectivity index (χ0n) is 12.7. The van der Waals surface area contributed by atoms with Gasteiger partial charge in [0, 0.05) is 31.2 Å². The third kappa shape index (κ3) is 5.48. The molecule has 2 unspecified atom stereocenters. The standard InChI is InChI=1S/C15H19Cl3N2O3/c1-9-7-20(2-3-23-9)8-11(21)6-19-15(22)14-12(17)4-10(16)5-13(14)18/h4-5,9,11,21H,2-3,6-8H2,1H3,(H,19,22). The van der Waals surface area contributed by atoms with Gasteiger partial charge < -0.3 is 15.2 Å². The fraction of sp³-hybridized carbons (Fsp3) is 0.533. The van der Waals surface area contributed by atoms with Gasteiger partial charge in [-0.15, -0.1) is 0 Å². The molecular formula is C15H19Cl3N2O3. The van der Waals surface area contributed by atoms with Crippen LogP contribution in [0.15, 0.2) is 12.1 Å². The van der Waals surface area contributed by atoms with Crippen LogP contribution in [0.1, 0.15) is 17.3 Å². The van der Waals surface area contributed by atoms with E-state index in [4.69, 9.17) is 39.5 Å². The second-order valence-corrected chi connectivity index (χ2v) is 6.80. The van der Waals surface area contributed by atoms with Crippen LogP contribution >= 0.6 is 34.8 Å². The first-order valence-electron chi connectivity index (χ1n) is 7.31. The molecule has 0 spiro atoms. The van der Waals surface area contributed by atoms with E-state index in [0.717, 1.165) is 13.1 Å². The Kier molecular flexibility index (Phi) is 6.95. The molecular weight excluding hydrogens is 363 g/mol. The summed E-state index contributed by atoms with van der Waals surface area (Å²) in [5.41, 5.74) is 0.157. The number of ether oxygens (including phenoxy) is 1. The Bertz CT molecular complexity index is 548. The topological polar surface area (TPSA) is 61.8 Å². The minimum atomic E-state index is -0.686. The zero-order valence-corrected chi connectivity index (χ0v) is 15.0. The number of halogens is 3. The molecule has 0 aliphatic carbocycles. The smallest absolute Gasteiger partial charge is 0.254 e. The van der Waals surface area contributed by atoms with Crippen molar-refractivity contribution in [3.05, 3.63) is 32.8 Å². The van der Waals surface area contributed by atoms with Gasteiger partial charge in [0.2, 0.25) is 0 Å². The largest absolute Gasteiger partial charge is 0.390 e. The van der Waals surface area contributed by atoms with Crippen LogP contribution in [0.25, 0.3) is 0 Å². The van der Waals surface area contributed by atoms with Crippen LogP contribution in [0.2, 0.25) is 15.1 Å². The summed E-state index contributed by atoms with van der Waals surface area (Å²) in [6.45, 7) is 4.75. The number of amides is 1. The molecule has 2 rings (SSSR count). The molecule has 5 nitrogen and oxygen atoms in total. The van der Waals surface area contributed by atoms with Crippen LogP contribution in [0.5, 0.6) is 0 Å². The Hall–Kier alpha value is -0.560. The summed E-state index contributed by atoms with van der Waals surface area (Å²) in [7, 11) is 0. The van der Waals surface area contributed by atoms with E-state index in [1.165, 1.54) is 12.1 Å². The summed E-state index contributed by atoms with van der Waals surface area (Å²) in [6, 6.07) is 2.91. The molecule has 1 fully saturated rings. The average Bonchev–Trinajstić information content (AvgIpc) is 2.44. The highest BCUT2D eigenvalue weighted by Gasteiger charge is 2.21. The fourth-order valence-electron chi connectivity index (χ4n) is 2.48. The van der Waals surface area contributed by atoms with E-state index >= 15 is 0 Å². The van der Waals surface area contributed by atoms with Crippen molar-refractivity contribution >= 4 is 40.7 Å². The van der Waals surface area contributed by atoms with E-state index in [0.29, 0.717) is 18.2 Å². The molecule has 1 aromatic rings. The van der Waals surface area contributed by atoms with Crippen LogP contribution in [0.3, 0.4) is 0 Å². The second kappa shape index (κ2) is 8.51. The quantitative estimate of drug-likeness (QED) is 0.822. The molecule has 1 aliphatic heterocycles. The number of morpholine rings is 1. The molecule has 23 heavy (non-hydrogen) atoms. The minimum Gasteiger partial charge on any atom is -0.390 e. The van der Waals surface area contributed by atoms with Gasteiger partial charge in [-0.3, -0.25) is 9.69 Å². The molecule has 128 valence electrons. The van der Waals surface area contributed by atoms with Crippen molar-refractivity contribution in [2.75, 3.05) is 32.8 Å². The summed E-state index contributed by atoms with van der Waals surface area (Å²) in [6.07, 6.45) is -0.536. The molecule has 0 saturated carbocycles. The Balaban J connectivity index is 1.86. The van der Waals surface area contributed by atoms with Crippen molar-refractivity contribution in [3.8, 4) is 0 Å². The Morgan fingerprint density at radius 2 is 2.09 bits per heavy atom. The first-order chi connectivity index (χ1) is 10.9. The number of aliphatic hydroxyl groups is 1. The van der Waals surface area contributed by atoms with E-state index in [1.54, 1.807) is 0 Å². The Morgan fingerprint density at radius 3 is 2.70 bits per heavy atom. The highest BCUT2D eigenvalue weighted by Crippen LogP contribution is 2.28.